The normalized spacial score (nSPS) is 16.7. The number of allylic oxidation sites excluding steroid dienone is 3. The average molecular weight is 461 g/mol. The number of nitrogens with zero attached hydrogens (tertiary/aromatic N) is 2. The fraction of sp³-hybridized carbons (Fsp3) is 0.333. The van der Waals surface area contributed by atoms with E-state index in [0.717, 1.165) is 40.7 Å². The summed E-state index contributed by atoms with van der Waals surface area (Å²) in [6, 6.07) is 7.92. The molecule has 0 radical (unpaired) electrons. The van der Waals surface area contributed by atoms with E-state index in [1.165, 1.54) is 0 Å². The SMILES string of the molecule is COc1cc2c(cc1C#N)C1=C(CO2)C(C(=O)N(C)C(C)(C)C)=CCCC1=Cc1ccsc1. The molecule has 1 aliphatic heterocycles. The first-order valence-corrected chi connectivity index (χ1v) is 11.9. The molecule has 0 fully saturated rings. The fourth-order valence-corrected chi connectivity index (χ4v) is 4.74. The van der Waals surface area contributed by atoms with Gasteiger partial charge in [0.15, 0.2) is 0 Å². The summed E-state index contributed by atoms with van der Waals surface area (Å²) < 4.78 is 11.5. The van der Waals surface area contributed by atoms with E-state index in [0.29, 0.717) is 22.6 Å². The number of hydrogen-bond acceptors (Lipinski definition) is 5. The number of carbonyl (C=O) groups excluding carboxylic acids is 1. The van der Waals surface area contributed by atoms with Crippen molar-refractivity contribution >= 4 is 28.9 Å². The summed E-state index contributed by atoms with van der Waals surface area (Å²) in [6.07, 6.45) is 5.76. The van der Waals surface area contributed by atoms with E-state index in [4.69, 9.17) is 9.47 Å². The van der Waals surface area contributed by atoms with Crippen molar-refractivity contribution in [2.75, 3.05) is 20.8 Å². The van der Waals surface area contributed by atoms with Gasteiger partial charge in [-0.05, 0) is 73.2 Å². The van der Waals surface area contributed by atoms with Gasteiger partial charge in [-0.2, -0.15) is 16.6 Å². The molecule has 0 saturated carbocycles. The monoisotopic (exact) mass is 460 g/mol. The van der Waals surface area contributed by atoms with E-state index in [9.17, 15) is 10.1 Å². The first kappa shape index (κ1) is 22.9. The van der Waals surface area contributed by atoms with Crippen molar-refractivity contribution in [2.45, 2.75) is 39.2 Å². The number of ether oxygens (including phenoxy) is 2. The summed E-state index contributed by atoms with van der Waals surface area (Å²) in [5.41, 5.74) is 5.76. The highest BCUT2D eigenvalue weighted by Gasteiger charge is 2.33. The van der Waals surface area contributed by atoms with Gasteiger partial charge >= 0.3 is 0 Å². The Morgan fingerprint density at radius 2 is 2.12 bits per heavy atom. The Bertz CT molecular complexity index is 1220. The minimum atomic E-state index is -0.310. The minimum Gasteiger partial charge on any atom is -0.495 e. The molecular weight excluding hydrogens is 432 g/mol. The summed E-state index contributed by atoms with van der Waals surface area (Å²) in [7, 11) is 3.39. The zero-order chi connectivity index (χ0) is 23.8. The summed E-state index contributed by atoms with van der Waals surface area (Å²) in [6.45, 7) is 6.36. The highest BCUT2D eigenvalue weighted by Crippen LogP contribution is 2.46. The number of rotatable bonds is 3. The first-order valence-electron chi connectivity index (χ1n) is 10.9. The molecule has 4 rings (SSSR count). The lowest BCUT2D eigenvalue weighted by Gasteiger charge is -2.34. The molecule has 170 valence electrons. The van der Waals surface area contributed by atoms with Crippen molar-refractivity contribution in [2.24, 2.45) is 0 Å². The number of carbonyl (C=O) groups is 1. The molecule has 0 atom stereocenters. The van der Waals surface area contributed by atoms with Gasteiger partial charge in [-0.3, -0.25) is 4.79 Å². The molecule has 1 aliphatic carbocycles. The van der Waals surface area contributed by atoms with Crippen LogP contribution in [0.5, 0.6) is 11.5 Å². The number of hydrogen-bond donors (Lipinski definition) is 0. The van der Waals surface area contributed by atoms with Crippen LogP contribution < -0.4 is 9.47 Å². The third kappa shape index (κ3) is 4.34. The van der Waals surface area contributed by atoms with Crippen LogP contribution in [0.3, 0.4) is 0 Å². The molecule has 6 heteroatoms. The van der Waals surface area contributed by atoms with Crippen molar-refractivity contribution in [3.05, 3.63) is 68.4 Å². The lowest BCUT2D eigenvalue weighted by Crippen LogP contribution is -2.43. The molecule has 0 spiro atoms. The van der Waals surface area contributed by atoms with Crippen LogP contribution in [0.1, 0.15) is 50.3 Å². The van der Waals surface area contributed by atoms with E-state index in [2.05, 4.69) is 29.0 Å². The third-order valence-electron chi connectivity index (χ3n) is 6.20. The van der Waals surface area contributed by atoms with Crippen molar-refractivity contribution < 1.29 is 14.3 Å². The predicted molar refractivity (Wildman–Crippen MR) is 132 cm³/mol. The van der Waals surface area contributed by atoms with E-state index in [1.54, 1.807) is 29.4 Å². The molecule has 0 N–H and O–H groups in total. The van der Waals surface area contributed by atoms with E-state index in [-0.39, 0.29) is 18.1 Å². The maximum Gasteiger partial charge on any atom is 0.254 e. The lowest BCUT2D eigenvalue weighted by atomic mass is 9.86. The van der Waals surface area contributed by atoms with Crippen LogP contribution in [0.2, 0.25) is 0 Å². The van der Waals surface area contributed by atoms with Gasteiger partial charge < -0.3 is 14.4 Å². The van der Waals surface area contributed by atoms with Crippen molar-refractivity contribution in [3.8, 4) is 17.6 Å². The fourth-order valence-electron chi connectivity index (χ4n) is 4.12. The molecule has 1 amide bonds. The molecule has 2 heterocycles. The Hall–Kier alpha value is -3.30. The molecule has 2 aromatic rings. The van der Waals surface area contributed by atoms with E-state index >= 15 is 0 Å². The second-order valence-corrected chi connectivity index (χ2v) is 10.0. The van der Waals surface area contributed by atoms with Crippen LogP contribution in [0.25, 0.3) is 11.6 Å². The van der Waals surface area contributed by atoms with Crippen LogP contribution >= 0.6 is 11.3 Å². The molecular formula is C27H28N2O3S. The van der Waals surface area contributed by atoms with Gasteiger partial charge in [0.1, 0.15) is 24.2 Å². The molecule has 5 nitrogen and oxygen atoms in total. The topological polar surface area (TPSA) is 62.6 Å². The van der Waals surface area contributed by atoms with E-state index in [1.807, 2.05) is 40.0 Å². The Kier molecular flexibility index (Phi) is 6.18. The predicted octanol–water partition coefficient (Wildman–Crippen LogP) is 5.84. The molecule has 0 saturated heterocycles. The zero-order valence-corrected chi connectivity index (χ0v) is 20.5. The number of likely N-dealkylation sites (N-methyl/N-ethyl adjacent to an activating group) is 1. The standard InChI is InChI=1S/C27H28N2O3S/c1-27(2,3)29(4)26(30)20-8-6-7-18(11-17-9-10-33-16-17)25-21-12-19(14-28)23(31-5)13-24(21)32-15-22(20)25/h8-13,16H,6-7,15H2,1-5H3. The largest absolute Gasteiger partial charge is 0.495 e. The molecule has 33 heavy (non-hydrogen) atoms. The van der Waals surface area contributed by atoms with E-state index < -0.39 is 0 Å². The maximum atomic E-state index is 13.6. The average Bonchev–Trinajstić information content (AvgIpc) is 3.24. The Morgan fingerprint density at radius 1 is 1.33 bits per heavy atom. The minimum absolute atomic E-state index is 0.0205. The van der Waals surface area contributed by atoms with Gasteiger partial charge in [-0.1, -0.05) is 12.2 Å². The first-order chi connectivity index (χ1) is 15.7. The number of benzene rings is 1. The van der Waals surface area contributed by atoms with Gasteiger partial charge in [-0.15, -0.1) is 0 Å². The number of thiophene rings is 1. The van der Waals surface area contributed by atoms with Crippen LogP contribution in [-0.4, -0.2) is 37.1 Å². The lowest BCUT2D eigenvalue weighted by molar-refractivity contribution is -0.129. The molecule has 2 aliphatic rings. The smallest absolute Gasteiger partial charge is 0.254 e. The second kappa shape index (κ2) is 8.92. The highest BCUT2D eigenvalue weighted by molar-refractivity contribution is 7.08. The van der Waals surface area contributed by atoms with Crippen LogP contribution in [0.4, 0.5) is 0 Å². The van der Waals surface area contributed by atoms with Crippen LogP contribution in [0, 0.1) is 11.3 Å². The highest BCUT2D eigenvalue weighted by atomic mass is 32.1. The van der Waals surface area contributed by atoms with Crippen LogP contribution in [-0.2, 0) is 4.79 Å². The van der Waals surface area contributed by atoms with Gasteiger partial charge in [-0.25, -0.2) is 0 Å². The van der Waals surface area contributed by atoms with Crippen molar-refractivity contribution in [1.29, 1.82) is 5.26 Å². The zero-order valence-electron chi connectivity index (χ0n) is 19.7. The summed E-state index contributed by atoms with van der Waals surface area (Å²) in [4.78, 5) is 15.4. The molecule has 1 aromatic carbocycles. The van der Waals surface area contributed by atoms with Gasteiger partial charge in [0.2, 0.25) is 0 Å². The molecule has 1 aromatic heterocycles. The molecule has 0 bridgehead atoms. The quantitative estimate of drug-likeness (QED) is 0.578. The van der Waals surface area contributed by atoms with Crippen molar-refractivity contribution in [1.82, 2.24) is 4.90 Å². The Balaban J connectivity index is 1.95. The summed E-state index contributed by atoms with van der Waals surface area (Å²) >= 11 is 1.65. The van der Waals surface area contributed by atoms with Gasteiger partial charge in [0, 0.05) is 35.4 Å². The van der Waals surface area contributed by atoms with Crippen molar-refractivity contribution in [3.63, 3.8) is 0 Å². The Labute approximate surface area is 199 Å². The third-order valence-corrected chi connectivity index (χ3v) is 6.90. The van der Waals surface area contributed by atoms with Gasteiger partial charge in [0.25, 0.3) is 5.91 Å². The number of methoxy groups -OCH3 is 1. The number of nitriles is 1. The summed E-state index contributed by atoms with van der Waals surface area (Å²) in [5, 5.41) is 13.9. The van der Waals surface area contributed by atoms with Crippen LogP contribution in [0.15, 0.2) is 51.8 Å². The van der Waals surface area contributed by atoms with Gasteiger partial charge in [0.05, 0.1) is 12.7 Å². The number of amides is 1. The molecule has 0 unspecified atom stereocenters. The summed E-state index contributed by atoms with van der Waals surface area (Å²) in [5.74, 6) is 1.13. The maximum absolute atomic E-state index is 13.6. The second-order valence-electron chi connectivity index (χ2n) is 9.22. The Morgan fingerprint density at radius 3 is 2.76 bits per heavy atom. The number of fused-ring (bicyclic) bond motifs is 2.